The van der Waals surface area contributed by atoms with Crippen molar-refractivity contribution in [2.45, 2.75) is 25.9 Å². The fraction of sp³-hybridized carbons (Fsp3) is 0.286. The summed E-state index contributed by atoms with van der Waals surface area (Å²) in [5.74, 6) is 0.948. The highest BCUT2D eigenvalue weighted by Crippen LogP contribution is 2.27. The summed E-state index contributed by atoms with van der Waals surface area (Å²) in [5, 5.41) is 2.88. The average molecular weight is 379 g/mol. The average Bonchev–Trinajstić information content (AvgIpc) is 3.01. The number of carbonyl (C=O) groups excluding carboxylic acids is 1. The number of pyridine rings is 1. The smallest absolute Gasteiger partial charge is 0.317 e. The third kappa shape index (κ3) is 3.88. The lowest BCUT2D eigenvalue weighted by molar-refractivity contribution is 0.147. The Bertz CT molecular complexity index is 949. The number of halogens is 1. The van der Waals surface area contributed by atoms with Crippen LogP contribution in [0.5, 0.6) is 0 Å². The topological polar surface area (TPSA) is 63.1 Å². The molecule has 6 nitrogen and oxygen atoms in total. The van der Waals surface area contributed by atoms with Gasteiger partial charge in [-0.25, -0.2) is 14.2 Å². The van der Waals surface area contributed by atoms with E-state index < -0.39 is 0 Å². The van der Waals surface area contributed by atoms with Crippen molar-refractivity contribution in [2.75, 3.05) is 13.1 Å². The zero-order chi connectivity index (χ0) is 19.5. The summed E-state index contributed by atoms with van der Waals surface area (Å²) in [6.07, 6.45) is 5.50. The van der Waals surface area contributed by atoms with E-state index >= 15 is 0 Å². The molecule has 0 radical (unpaired) electrons. The van der Waals surface area contributed by atoms with Crippen LogP contribution in [0.25, 0.3) is 0 Å². The highest BCUT2D eigenvalue weighted by atomic mass is 19.1. The Balaban J connectivity index is 1.33. The van der Waals surface area contributed by atoms with Gasteiger partial charge in [0.05, 0.1) is 12.5 Å². The Morgan fingerprint density at radius 3 is 2.68 bits per heavy atom. The maximum absolute atomic E-state index is 12.9. The van der Waals surface area contributed by atoms with Gasteiger partial charge in [-0.2, -0.15) is 0 Å². The maximum atomic E-state index is 12.9. The van der Waals surface area contributed by atoms with Crippen LogP contribution in [0.3, 0.4) is 0 Å². The Hall–Kier alpha value is -3.22. The molecule has 7 heteroatoms. The summed E-state index contributed by atoms with van der Waals surface area (Å²) in [4.78, 5) is 22.9. The van der Waals surface area contributed by atoms with E-state index in [4.69, 9.17) is 0 Å². The second-order valence-electron chi connectivity index (χ2n) is 7.09. The molecule has 0 spiro atoms. The first kappa shape index (κ1) is 18.2. The maximum Gasteiger partial charge on any atom is 0.317 e. The number of benzene rings is 1. The summed E-state index contributed by atoms with van der Waals surface area (Å²) in [6, 6.07) is 10.0. The van der Waals surface area contributed by atoms with Gasteiger partial charge in [0.1, 0.15) is 11.6 Å². The molecule has 3 heterocycles. The predicted octanol–water partition coefficient (Wildman–Crippen LogP) is 3.08. The van der Waals surface area contributed by atoms with Crippen molar-refractivity contribution in [3.63, 3.8) is 0 Å². The number of nitrogens with one attached hydrogen (secondary N) is 1. The predicted molar refractivity (Wildman–Crippen MR) is 103 cm³/mol. The molecule has 0 atom stereocenters. The van der Waals surface area contributed by atoms with Gasteiger partial charge in [-0.15, -0.1) is 0 Å². The minimum atomic E-state index is -0.280. The first-order valence-electron chi connectivity index (χ1n) is 9.28. The number of rotatable bonds is 5. The van der Waals surface area contributed by atoms with Gasteiger partial charge in [0, 0.05) is 43.9 Å². The molecule has 1 aromatic carbocycles. The zero-order valence-electron chi connectivity index (χ0n) is 15.7. The van der Waals surface area contributed by atoms with Gasteiger partial charge in [0.15, 0.2) is 0 Å². The van der Waals surface area contributed by atoms with Crippen molar-refractivity contribution < 1.29 is 9.18 Å². The van der Waals surface area contributed by atoms with Gasteiger partial charge < -0.3 is 14.8 Å². The van der Waals surface area contributed by atoms with E-state index in [0.717, 1.165) is 29.2 Å². The van der Waals surface area contributed by atoms with Crippen LogP contribution in [0.4, 0.5) is 9.18 Å². The fourth-order valence-electron chi connectivity index (χ4n) is 3.38. The molecule has 3 aromatic rings. The highest BCUT2D eigenvalue weighted by Gasteiger charge is 2.34. The number of hydrogen-bond donors (Lipinski definition) is 1. The number of carbonyl (C=O) groups is 1. The third-order valence-electron chi connectivity index (χ3n) is 5.04. The lowest BCUT2D eigenvalue weighted by Crippen LogP contribution is -2.53. The van der Waals surface area contributed by atoms with E-state index in [9.17, 15) is 9.18 Å². The van der Waals surface area contributed by atoms with Gasteiger partial charge >= 0.3 is 6.03 Å². The number of aromatic nitrogens is 3. The molecular weight excluding hydrogens is 357 g/mol. The van der Waals surface area contributed by atoms with Crippen molar-refractivity contribution in [1.82, 2.24) is 24.8 Å². The number of hydrogen-bond acceptors (Lipinski definition) is 3. The molecule has 0 bridgehead atoms. The summed E-state index contributed by atoms with van der Waals surface area (Å²) in [5.41, 5.74) is 3.09. The van der Waals surface area contributed by atoms with Crippen molar-refractivity contribution in [2.24, 2.45) is 0 Å². The van der Waals surface area contributed by atoms with E-state index in [1.54, 1.807) is 23.2 Å². The van der Waals surface area contributed by atoms with Crippen LogP contribution in [-0.4, -0.2) is 38.6 Å². The first-order valence-corrected chi connectivity index (χ1v) is 9.28. The van der Waals surface area contributed by atoms with Gasteiger partial charge in [0.25, 0.3) is 0 Å². The lowest BCUT2D eigenvalue weighted by atomic mass is 9.99. The van der Waals surface area contributed by atoms with Crippen LogP contribution in [0.1, 0.15) is 28.6 Å². The number of aryl methyl sites for hydroxylation is 1. The second-order valence-corrected chi connectivity index (χ2v) is 7.09. The Labute approximate surface area is 163 Å². The van der Waals surface area contributed by atoms with Crippen molar-refractivity contribution in [1.29, 1.82) is 0 Å². The molecule has 1 fully saturated rings. The largest absolute Gasteiger partial charge is 0.334 e. The van der Waals surface area contributed by atoms with Crippen molar-refractivity contribution in [3.8, 4) is 0 Å². The SMILES string of the molecule is Cc1cnc(C2CN(C(=O)NCc3ccc(F)cc3)C2)n1Cc1cccnc1. The number of urea groups is 1. The van der Waals surface area contributed by atoms with Crippen LogP contribution in [-0.2, 0) is 13.1 Å². The molecule has 1 aliphatic rings. The summed E-state index contributed by atoms with van der Waals surface area (Å²) in [7, 11) is 0. The van der Waals surface area contributed by atoms with Crippen molar-refractivity contribution >= 4 is 6.03 Å². The number of nitrogens with zero attached hydrogens (tertiary/aromatic N) is 4. The molecular formula is C21H22FN5O. The number of imidazole rings is 1. The standard InChI is InChI=1S/C21H22FN5O/c1-15-9-24-20(27(15)12-17-3-2-8-23-10-17)18-13-26(14-18)21(28)25-11-16-4-6-19(22)7-5-16/h2-10,18H,11-14H2,1H3,(H,25,28). The molecule has 0 unspecified atom stereocenters. The van der Waals surface area contributed by atoms with Gasteiger partial charge in [-0.05, 0) is 36.2 Å². The Morgan fingerprint density at radius 1 is 1.18 bits per heavy atom. The Kier molecular flexibility index (Phi) is 5.06. The molecule has 0 saturated carbocycles. The van der Waals surface area contributed by atoms with Crippen molar-refractivity contribution in [3.05, 3.63) is 83.5 Å². The van der Waals surface area contributed by atoms with Crippen LogP contribution >= 0.6 is 0 Å². The van der Waals surface area contributed by atoms with Gasteiger partial charge in [0.2, 0.25) is 0 Å². The third-order valence-corrected chi connectivity index (χ3v) is 5.04. The summed E-state index contributed by atoms with van der Waals surface area (Å²) in [6.45, 7) is 4.42. The minimum absolute atomic E-state index is 0.109. The van der Waals surface area contributed by atoms with E-state index in [0.29, 0.717) is 19.6 Å². The molecule has 144 valence electrons. The van der Waals surface area contributed by atoms with E-state index in [1.807, 2.05) is 31.5 Å². The normalized spacial score (nSPS) is 14.0. The summed E-state index contributed by atoms with van der Waals surface area (Å²) < 4.78 is 15.1. The lowest BCUT2D eigenvalue weighted by Gasteiger charge is -2.39. The van der Waals surface area contributed by atoms with Crippen LogP contribution < -0.4 is 5.32 Å². The first-order chi connectivity index (χ1) is 13.6. The highest BCUT2D eigenvalue weighted by molar-refractivity contribution is 5.75. The van der Waals surface area contributed by atoms with Crippen LogP contribution in [0, 0.1) is 12.7 Å². The van der Waals surface area contributed by atoms with Gasteiger partial charge in [-0.1, -0.05) is 18.2 Å². The monoisotopic (exact) mass is 379 g/mol. The van der Waals surface area contributed by atoms with E-state index in [1.165, 1.54) is 12.1 Å². The Morgan fingerprint density at radius 2 is 1.96 bits per heavy atom. The van der Waals surface area contributed by atoms with Crippen LogP contribution in [0.15, 0.2) is 55.0 Å². The number of amides is 2. The molecule has 4 rings (SSSR count). The van der Waals surface area contributed by atoms with E-state index in [2.05, 4.69) is 19.9 Å². The molecule has 1 N–H and O–H groups in total. The van der Waals surface area contributed by atoms with E-state index in [-0.39, 0.29) is 17.8 Å². The summed E-state index contributed by atoms with van der Waals surface area (Å²) >= 11 is 0. The molecule has 2 amide bonds. The minimum Gasteiger partial charge on any atom is -0.334 e. The molecule has 28 heavy (non-hydrogen) atoms. The number of likely N-dealkylation sites (tertiary alicyclic amines) is 1. The fourth-order valence-corrected chi connectivity index (χ4v) is 3.38. The van der Waals surface area contributed by atoms with Gasteiger partial charge in [-0.3, -0.25) is 4.98 Å². The quantitative estimate of drug-likeness (QED) is 0.741. The molecule has 1 saturated heterocycles. The molecule has 2 aromatic heterocycles. The van der Waals surface area contributed by atoms with Crippen LogP contribution in [0.2, 0.25) is 0 Å². The zero-order valence-corrected chi connectivity index (χ0v) is 15.7. The molecule has 0 aliphatic carbocycles. The molecule has 1 aliphatic heterocycles. The second kappa shape index (κ2) is 7.80.